The highest BCUT2D eigenvalue weighted by Gasteiger charge is 2.27. The Bertz CT molecular complexity index is 682. The number of aryl methyl sites for hydroxylation is 1. The average molecular weight is 344 g/mol. The molecule has 2 aromatic heterocycles. The summed E-state index contributed by atoms with van der Waals surface area (Å²) in [5, 5.41) is 3.81. The lowest BCUT2D eigenvalue weighted by Crippen LogP contribution is -2.41. The smallest absolute Gasteiger partial charge is 0.259 e. The van der Waals surface area contributed by atoms with Gasteiger partial charge in [-0.2, -0.15) is 4.98 Å². The Morgan fingerprint density at radius 2 is 2.00 bits per heavy atom. The molecule has 0 unspecified atom stereocenters. The van der Waals surface area contributed by atoms with Gasteiger partial charge in [0, 0.05) is 37.9 Å². The monoisotopic (exact) mass is 344 g/mol. The SMILES string of the molecule is Cc1noc(-c2ccc(C[C@@H]3CC[C@H](CN4CCOCC4)O3)nc2)n1. The number of morpholine rings is 1. The van der Waals surface area contributed by atoms with Crippen molar-refractivity contribution in [3.05, 3.63) is 29.8 Å². The number of nitrogens with zero attached hydrogens (tertiary/aromatic N) is 4. The van der Waals surface area contributed by atoms with Crippen molar-refractivity contribution in [1.29, 1.82) is 0 Å². The molecule has 2 saturated heterocycles. The van der Waals surface area contributed by atoms with Crippen LogP contribution in [0, 0.1) is 6.92 Å². The van der Waals surface area contributed by atoms with Gasteiger partial charge >= 0.3 is 0 Å². The molecule has 0 aromatic carbocycles. The first-order chi connectivity index (χ1) is 12.3. The van der Waals surface area contributed by atoms with Crippen LogP contribution in [-0.4, -0.2) is 65.1 Å². The molecule has 4 heterocycles. The summed E-state index contributed by atoms with van der Waals surface area (Å²) in [5.74, 6) is 1.14. The first kappa shape index (κ1) is 16.6. The topological polar surface area (TPSA) is 73.5 Å². The van der Waals surface area contributed by atoms with Crippen molar-refractivity contribution >= 4 is 0 Å². The second-order valence-electron chi connectivity index (χ2n) is 6.76. The van der Waals surface area contributed by atoms with Gasteiger partial charge in [0.15, 0.2) is 5.82 Å². The Hall–Kier alpha value is -1.83. The van der Waals surface area contributed by atoms with Gasteiger partial charge in [-0.25, -0.2) is 0 Å². The first-order valence-electron chi connectivity index (χ1n) is 8.97. The molecule has 7 heteroatoms. The van der Waals surface area contributed by atoms with Gasteiger partial charge in [-0.3, -0.25) is 9.88 Å². The summed E-state index contributed by atoms with van der Waals surface area (Å²) < 4.78 is 16.8. The summed E-state index contributed by atoms with van der Waals surface area (Å²) in [7, 11) is 0. The fourth-order valence-electron chi connectivity index (χ4n) is 3.46. The van der Waals surface area contributed by atoms with E-state index in [1.165, 1.54) is 0 Å². The third-order valence-corrected chi connectivity index (χ3v) is 4.80. The van der Waals surface area contributed by atoms with Crippen LogP contribution >= 0.6 is 0 Å². The van der Waals surface area contributed by atoms with E-state index in [4.69, 9.17) is 14.0 Å². The maximum Gasteiger partial charge on any atom is 0.259 e. The van der Waals surface area contributed by atoms with E-state index in [-0.39, 0.29) is 6.10 Å². The zero-order chi connectivity index (χ0) is 17.1. The predicted molar refractivity (Wildman–Crippen MR) is 91.1 cm³/mol. The average Bonchev–Trinajstić information content (AvgIpc) is 3.26. The molecule has 0 N–H and O–H groups in total. The highest BCUT2D eigenvalue weighted by Crippen LogP contribution is 2.24. The Balaban J connectivity index is 1.29. The molecule has 0 amide bonds. The summed E-state index contributed by atoms with van der Waals surface area (Å²) in [6, 6.07) is 4.00. The molecule has 2 aliphatic heterocycles. The number of hydrogen-bond acceptors (Lipinski definition) is 7. The fourth-order valence-corrected chi connectivity index (χ4v) is 3.46. The van der Waals surface area contributed by atoms with Crippen LogP contribution in [0.25, 0.3) is 11.5 Å². The van der Waals surface area contributed by atoms with E-state index in [1.54, 1.807) is 13.1 Å². The van der Waals surface area contributed by atoms with E-state index in [0.29, 0.717) is 17.8 Å². The lowest BCUT2D eigenvalue weighted by molar-refractivity contribution is -0.0110. The van der Waals surface area contributed by atoms with Crippen molar-refractivity contribution in [2.24, 2.45) is 0 Å². The van der Waals surface area contributed by atoms with Gasteiger partial charge in [0.25, 0.3) is 5.89 Å². The minimum Gasteiger partial charge on any atom is -0.379 e. The Morgan fingerprint density at radius 1 is 1.16 bits per heavy atom. The van der Waals surface area contributed by atoms with Crippen molar-refractivity contribution in [3.8, 4) is 11.5 Å². The molecule has 2 aromatic rings. The van der Waals surface area contributed by atoms with E-state index < -0.39 is 0 Å². The third kappa shape index (κ3) is 4.23. The number of pyridine rings is 1. The van der Waals surface area contributed by atoms with Crippen LogP contribution in [0.2, 0.25) is 0 Å². The van der Waals surface area contributed by atoms with Crippen molar-refractivity contribution in [2.75, 3.05) is 32.8 Å². The molecule has 0 saturated carbocycles. The number of ether oxygens (including phenoxy) is 2. The predicted octanol–water partition coefficient (Wildman–Crippen LogP) is 1.86. The first-order valence-corrected chi connectivity index (χ1v) is 8.97. The van der Waals surface area contributed by atoms with Crippen molar-refractivity contribution < 1.29 is 14.0 Å². The molecule has 4 rings (SSSR count). The molecule has 2 aliphatic rings. The molecule has 0 aliphatic carbocycles. The largest absolute Gasteiger partial charge is 0.379 e. The van der Waals surface area contributed by atoms with Gasteiger partial charge in [-0.1, -0.05) is 5.16 Å². The molecule has 134 valence electrons. The molecule has 2 fully saturated rings. The van der Waals surface area contributed by atoms with Gasteiger partial charge in [0.2, 0.25) is 0 Å². The highest BCUT2D eigenvalue weighted by molar-refractivity contribution is 5.50. The van der Waals surface area contributed by atoms with Crippen LogP contribution in [-0.2, 0) is 15.9 Å². The quantitative estimate of drug-likeness (QED) is 0.819. The number of rotatable bonds is 5. The summed E-state index contributed by atoms with van der Waals surface area (Å²) in [6.07, 6.45) is 5.47. The maximum absolute atomic E-state index is 6.22. The van der Waals surface area contributed by atoms with Crippen LogP contribution < -0.4 is 0 Å². The van der Waals surface area contributed by atoms with Crippen LogP contribution in [0.1, 0.15) is 24.4 Å². The zero-order valence-electron chi connectivity index (χ0n) is 14.6. The second-order valence-corrected chi connectivity index (χ2v) is 6.76. The van der Waals surface area contributed by atoms with Crippen LogP contribution in [0.4, 0.5) is 0 Å². The molecule has 7 nitrogen and oxygen atoms in total. The van der Waals surface area contributed by atoms with Crippen molar-refractivity contribution in [2.45, 2.75) is 38.4 Å². The van der Waals surface area contributed by atoms with Crippen LogP contribution in [0.3, 0.4) is 0 Å². The minimum atomic E-state index is 0.259. The van der Waals surface area contributed by atoms with Gasteiger partial charge in [0.05, 0.1) is 31.0 Å². The normalized spacial score (nSPS) is 24.7. The van der Waals surface area contributed by atoms with Gasteiger partial charge < -0.3 is 14.0 Å². The molecule has 0 bridgehead atoms. The Kier molecular flexibility index (Phi) is 5.05. The maximum atomic E-state index is 6.22. The summed E-state index contributed by atoms with van der Waals surface area (Å²) in [5.41, 5.74) is 1.89. The van der Waals surface area contributed by atoms with Crippen molar-refractivity contribution in [3.63, 3.8) is 0 Å². The molecule has 0 radical (unpaired) electrons. The van der Waals surface area contributed by atoms with E-state index in [9.17, 15) is 0 Å². The summed E-state index contributed by atoms with van der Waals surface area (Å²) in [4.78, 5) is 11.2. The van der Waals surface area contributed by atoms with E-state index in [1.807, 2.05) is 12.1 Å². The van der Waals surface area contributed by atoms with Gasteiger partial charge in [0.1, 0.15) is 0 Å². The minimum absolute atomic E-state index is 0.259. The lowest BCUT2D eigenvalue weighted by Gasteiger charge is -2.28. The fraction of sp³-hybridized carbons (Fsp3) is 0.611. The summed E-state index contributed by atoms with van der Waals surface area (Å²) in [6.45, 7) is 6.53. The highest BCUT2D eigenvalue weighted by atomic mass is 16.5. The summed E-state index contributed by atoms with van der Waals surface area (Å²) >= 11 is 0. The molecule has 2 atom stereocenters. The second kappa shape index (κ2) is 7.59. The molecular weight excluding hydrogens is 320 g/mol. The number of hydrogen-bond donors (Lipinski definition) is 0. The molecule has 0 spiro atoms. The van der Waals surface area contributed by atoms with E-state index >= 15 is 0 Å². The molecular formula is C18H24N4O3. The van der Waals surface area contributed by atoms with Crippen molar-refractivity contribution in [1.82, 2.24) is 20.0 Å². The zero-order valence-corrected chi connectivity index (χ0v) is 14.6. The Labute approximate surface area is 147 Å². The Morgan fingerprint density at radius 3 is 2.72 bits per heavy atom. The third-order valence-electron chi connectivity index (χ3n) is 4.80. The van der Waals surface area contributed by atoms with Crippen LogP contribution in [0.5, 0.6) is 0 Å². The van der Waals surface area contributed by atoms with E-state index in [2.05, 4.69) is 20.0 Å². The molecule has 25 heavy (non-hydrogen) atoms. The lowest BCUT2D eigenvalue weighted by atomic mass is 10.1. The van der Waals surface area contributed by atoms with Gasteiger partial charge in [-0.15, -0.1) is 0 Å². The van der Waals surface area contributed by atoms with Crippen LogP contribution in [0.15, 0.2) is 22.9 Å². The standard InChI is InChI=1S/C18H24N4O3/c1-13-20-18(25-21-13)14-2-3-15(19-11-14)10-16-4-5-17(24-16)12-22-6-8-23-9-7-22/h2-3,11,16-17H,4-10,12H2,1H3/t16-,17+/m0/s1. The van der Waals surface area contributed by atoms with E-state index in [0.717, 1.165) is 63.4 Å². The number of aromatic nitrogens is 3. The van der Waals surface area contributed by atoms with Gasteiger partial charge in [-0.05, 0) is 31.9 Å².